The van der Waals surface area contributed by atoms with Crippen LogP contribution in [0.2, 0.25) is 0 Å². The van der Waals surface area contributed by atoms with E-state index >= 15 is 0 Å². The maximum atomic E-state index is 2.34. The van der Waals surface area contributed by atoms with Crippen LogP contribution in [0.1, 0.15) is 45.4 Å². The number of hydrogen-bond donors (Lipinski definition) is 0. The topological polar surface area (TPSA) is 0 Å². The van der Waals surface area contributed by atoms with Gasteiger partial charge in [0.2, 0.25) is 0 Å². The number of rotatable bonds is 7. The van der Waals surface area contributed by atoms with Gasteiger partial charge in [0, 0.05) is 0 Å². The quantitative estimate of drug-likeness (QED) is 0.526. The first-order valence-corrected chi connectivity index (χ1v) is 6.99. The summed E-state index contributed by atoms with van der Waals surface area (Å²) < 4.78 is 0. The van der Waals surface area contributed by atoms with Crippen molar-refractivity contribution in [1.82, 2.24) is 0 Å². The zero-order valence-electron chi connectivity index (χ0n) is 9.05. The lowest BCUT2D eigenvalue weighted by atomic mass is 10.1. The molecule has 2 heteroatoms. The normalized spacial score (nSPS) is 9.79. The molecule has 0 aromatic carbocycles. The first kappa shape index (κ1) is 14.2. The van der Waals surface area contributed by atoms with Crippen LogP contribution in [-0.2, 0) is 5.75 Å². The Hall–Kier alpha value is 0.180. The Kier molecular flexibility index (Phi) is 9.85. The lowest BCUT2D eigenvalue weighted by Crippen LogP contribution is -3.00. The Morgan fingerprint density at radius 2 is 1.43 bits per heavy atom. The molecule has 0 radical (unpaired) electrons. The highest BCUT2D eigenvalue weighted by Crippen LogP contribution is 2.20. The lowest BCUT2D eigenvalue weighted by Gasteiger charge is -1.96. The Balaban J connectivity index is 0.00000169. The summed E-state index contributed by atoms with van der Waals surface area (Å²) in [6.07, 6.45) is 8.52. The van der Waals surface area contributed by atoms with E-state index in [9.17, 15) is 0 Å². The predicted octanol–water partition coefficient (Wildman–Crippen LogP) is 1.80. The molecule has 0 N–H and O–H groups in total. The van der Waals surface area contributed by atoms with Gasteiger partial charge in [-0.3, -0.25) is 0 Å². The number of thiophene rings is 1. The highest BCUT2D eigenvalue weighted by molar-refractivity contribution is 7.27. The van der Waals surface area contributed by atoms with E-state index in [1.807, 2.05) is 0 Å². The van der Waals surface area contributed by atoms with Gasteiger partial charge in [-0.1, -0.05) is 32.6 Å². The molecule has 1 heterocycles. The largest absolute Gasteiger partial charge is 1.00 e. The van der Waals surface area contributed by atoms with Crippen molar-refractivity contribution in [3.63, 3.8) is 0 Å². The molecule has 0 fully saturated rings. The van der Waals surface area contributed by atoms with E-state index in [0.29, 0.717) is 10.5 Å². The van der Waals surface area contributed by atoms with Gasteiger partial charge in [0.25, 0.3) is 0 Å². The highest BCUT2D eigenvalue weighted by Gasteiger charge is 2.00. The predicted molar refractivity (Wildman–Crippen MR) is 62.3 cm³/mol. The summed E-state index contributed by atoms with van der Waals surface area (Å²) in [5.41, 5.74) is 0. The maximum absolute atomic E-state index is 2.34. The highest BCUT2D eigenvalue weighted by atomic mass is 79.9. The standard InChI is InChI=1S/C12H21S.BrH/c1-2-3-4-5-6-7-10-13-11-8-9-12-13;/h8-9,11-12H,2-7,10H2,1H3;1H/q+1;/p-1. The lowest BCUT2D eigenvalue weighted by molar-refractivity contribution is -0.00000282. The average Bonchev–Trinajstić information content (AvgIpc) is 2.63. The molecule has 0 aliphatic carbocycles. The van der Waals surface area contributed by atoms with E-state index in [1.54, 1.807) is 0 Å². The van der Waals surface area contributed by atoms with Gasteiger partial charge in [-0.15, -0.1) is 0 Å². The zero-order chi connectivity index (χ0) is 9.36. The first-order chi connectivity index (χ1) is 6.43. The van der Waals surface area contributed by atoms with Gasteiger partial charge in [-0.25, -0.2) is 0 Å². The van der Waals surface area contributed by atoms with Crippen LogP contribution < -0.4 is 17.0 Å². The smallest absolute Gasteiger partial charge is 0.137 e. The Bertz CT molecular complexity index is 194. The Morgan fingerprint density at radius 1 is 0.857 bits per heavy atom. The van der Waals surface area contributed by atoms with E-state index in [4.69, 9.17) is 0 Å². The molecule has 0 saturated heterocycles. The molecule has 1 aromatic heterocycles. The molecule has 82 valence electrons. The van der Waals surface area contributed by atoms with Crippen LogP contribution >= 0.6 is 10.5 Å². The van der Waals surface area contributed by atoms with Crippen LogP contribution in [0, 0.1) is 0 Å². The van der Waals surface area contributed by atoms with Crippen LogP contribution in [0.25, 0.3) is 0 Å². The fourth-order valence-electron chi connectivity index (χ4n) is 1.52. The molecule has 0 amide bonds. The van der Waals surface area contributed by atoms with E-state index in [1.165, 1.54) is 44.3 Å². The fraction of sp³-hybridized carbons (Fsp3) is 0.667. The third kappa shape index (κ3) is 6.61. The van der Waals surface area contributed by atoms with Crippen LogP contribution in [0.3, 0.4) is 0 Å². The molecule has 0 aliphatic rings. The van der Waals surface area contributed by atoms with Gasteiger partial charge < -0.3 is 17.0 Å². The van der Waals surface area contributed by atoms with Crippen LogP contribution in [0.15, 0.2) is 22.9 Å². The molecule has 0 atom stereocenters. The summed E-state index contributed by atoms with van der Waals surface area (Å²) >= 11 is 0. The van der Waals surface area contributed by atoms with Crippen molar-refractivity contribution >= 4 is 10.5 Å². The van der Waals surface area contributed by atoms with Gasteiger partial charge in [0.1, 0.15) is 16.5 Å². The second kappa shape index (κ2) is 9.72. The van der Waals surface area contributed by atoms with Gasteiger partial charge in [0.15, 0.2) is 0 Å². The van der Waals surface area contributed by atoms with Crippen LogP contribution in [-0.4, -0.2) is 0 Å². The molecule has 1 rings (SSSR count). The van der Waals surface area contributed by atoms with E-state index < -0.39 is 0 Å². The summed E-state index contributed by atoms with van der Waals surface area (Å²) in [7, 11) is 0.504. The third-order valence-electron chi connectivity index (χ3n) is 2.35. The minimum atomic E-state index is 0. The van der Waals surface area contributed by atoms with E-state index in [2.05, 4.69) is 29.8 Å². The molecule has 0 aliphatic heterocycles. The SMILES string of the molecule is CCCCCCCC[s+]1cccc1.[Br-]. The van der Waals surface area contributed by atoms with Crippen molar-refractivity contribution in [1.29, 1.82) is 0 Å². The first-order valence-electron chi connectivity index (χ1n) is 5.47. The number of unbranched alkanes of at least 4 members (excludes halogenated alkanes) is 5. The van der Waals surface area contributed by atoms with Crippen molar-refractivity contribution in [2.45, 2.75) is 51.2 Å². The number of halogens is 1. The van der Waals surface area contributed by atoms with Gasteiger partial charge in [-0.2, -0.15) is 0 Å². The number of aryl methyl sites for hydroxylation is 1. The van der Waals surface area contributed by atoms with Crippen LogP contribution in [0.5, 0.6) is 0 Å². The Labute approximate surface area is 101 Å². The minimum absolute atomic E-state index is 0. The molecule has 0 saturated carbocycles. The van der Waals surface area contributed by atoms with Gasteiger partial charge in [-0.05, 0) is 35.4 Å². The summed E-state index contributed by atoms with van der Waals surface area (Å²) in [5, 5.41) is 4.68. The van der Waals surface area contributed by atoms with Crippen LogP contribution in [0.4, 0.5) is 0 Å². The van der Waals surface area contributed by atoms with Crippen molar-refractivity contribution in [2.75, 3.05) is 0 Å². The summed E-state index contributed by atoms with van der Waals surface area (Å²) in [6.45, 7) is 2.27. The molecule has 0 bridgehead atoms. The second-order valence-corrected chi connectivity index (χ2v) is 5.49. The second-order valence-electron chi connectivity index (χ2n) is 3.60. The minimum Gasteiger partial charge on any atom is -1.00 e. The fourth-order valence-corrected chi connectivity index (χ4v) is 3.01. The Morgan fingerprint density at radius 3 is 2.07 bits per heavy atom. The van der Waals surface area contributed by atoms with Crippen molar-refractivity contribution < 1.29 is 17.0 Å². The maximum Gasteiger partial charge on any atom is 0.137 e. The van der Waals surface area contributed by atoms with E-state index in [-0.39, 0.29) is 17.0 Å². The van der Waals surface area contributed by atoms with Gasteiger partial charge >= 0.3 is 0 Å². The molecule has 1 aromatic rings. The van der Waals surface area contributed by atoms with Crippen molar-refractivity contribution in [3.05, 3.63) is 22.9 Å². The molecule has 0 unspecified atom stereocenters. The summed E-state index contributed by atoms with van der Waals surface area (Å²) in [5.74, 6) is 1.39. The summed E-state index contributed by atoms with van der Waals surface area (Å²) in [6, 6.07) is 4.36. The third-order valence-corrected chi connectivity index (χ3v) is 4.12. The zero-order valence-corrected chi connectivity index (χ0v) is 11.4. The monoisotopic (exact) mass is 276 g/mol. The number of hydrogen-bond acceptors (Lipinski definition) is 0. The summed E-state index contributed by atoms with van der Waals surface area (Å²) in [4.78, 5) is 0. The van der Waals surface area contributed by atoms with Gasteiger partial charge in [0.05, 0.1) is 0 Å². The van der Waals surface area contributed by atoms with Crippen molar-refractivity contribution in [3.8, 4) is 0 Å². The van der Waals surface area contributed by atoms with Crippen molar-refractivity contribution in [2.24, 2.45) is 0 Å². The molecular weight excluding hydrogens is 256 g/mol. The average molecular weight is 277 g/mol. The molecular formula is C12H21BrS. The molecule has 0 spiro atoms. The van der Waals surface area contributed by atoms with E-state index in [0.717, 1.165) is 0 Å². The molecule has 14 heavy (non-hydrogen) atoms. The molecule has 0 nitrogen and oxygen atoms in total.